The summed E-state index contributed by atoms with van der Waals surface area (Å²) >= 11 is 1.34. The fourth-order valence-electron chi connectivity index (χ4n) is 2.77. The fourth-order valence-corrected chi connectivity index (χ4v) is 3.82. The minimum absolute atomic E-state index is 0.291. The number of hydrogen-bond acceptors (Lipinski definition) is 7. The zero-order valence-corrected chi connectivity index (χ0v) is 18.1. The summed E-state index contributed by atoms with van der Waals surface area (Å²) in [7, 11) is 0. The number of ether oxygens (including phenoxy) is 2. The van der Waals surface area contributed by atoms with E-state index in [2.05, 4.69) is 22.2 Å². The van der Waals surface area contributed by atoms with Crippen LogP contribution in [0.5, 0.6) is 5.75 Å². The van der Waals surface area contributed by atoms with Crippen LogP contribution in [-0.2, 0) is 4.74 Å². The lowest BCUT2D eigenvalue weighted by atomic mass is 10.2. The van der Waals surface area contributed by atoms with Crippen LogP contribution in [0.4, 0.5) is 11.5 Å². The quantitative estimate of drug-likeness (QED) is 0.356. The van der Waals surface area contributed by atoms with Gasteiger partial charge in [-0.2, -0.15) is 0 Å². The molecule has 0 saturated heterocycles. The van der Waals surface area contributed by atoms with Crippen molar-refractivity contribution in [2.45, 2.75) is 40.5 Å². The van der Waals surface area contributed by atoms with Crippen molar-refractivity contribution in [2.75, 3.05) is 18.5 Å². The lowest BCUT2D eigenvalue weighted by molar-refractivity contribution is 0.0464. The van der Waals surface area contributed by atoms with E-state index in [-0.39, 0.29) is 5.97 Å². The number of fused-ring (bicyclic) bond motifs is 1. The Morgan fingerprint density at radius 3 is 2.66 bits per heavy atom. The Bertz CT molecular complexity index is 967. The van der Waals surface area contributed by atoms with E-state index in [4.69, 9.17) is 9.47 Å². The van der Waals surface area contributed by atoms with Gasteiger partial charge in [-0.05, 0) is 49.1 Å². The molecule has 3 aromatic rings. The van der Waals surface area contributed by atoms with Gasteiger partial charge in [0.25, 0.3) is 0 Å². The third-order valence-corrected chi connectivity index (χ3v) is 5.52. The number of benzene rings is 1. The van der Waals surface area contributed by atoms with Crippen LogP contribution in [0, 0.1) is 12.8 Å². The first-order chi connectivity index (χ1) is 14.0. The van der Waals surface area contributed by atoms with E-state index in [1.54, 1.807) is 0 Å². The monoisotopic (exact) mass is 413 g/mol. The molecule has 3 rings (SSSR count). The highest BCUT2D eigenvalue weighted by Gasteiger charge is 2.20. The van der Waals surface area contributed by atoms with Crippen LogP contribution < -0.4 is 10.1 Å². The number of hydrogen-bond donors (Lipinski definition) is 1. The first-order valence-corrected chi connectivity index (χ1v) is 10.7. The molecule has 0 bridgehead atoms. The molecule has 0 unspecified atom stereocenters. The third-order valence-electron chi connectivity index (χ3n) is 4.34. The number of aryl methyl sites for hydroxylation is 1. The van der Waals surface area contributed by atoms with Crippen molar-refractivity contribution in [2.24, 2.45) is 5.92 Å². The van der Waals surface area contributed by atoms with Crippen LogP contribution >= 0.6 is 11.3 Å². The Hall–Kier alpha value is -2.67. The van der Waals surface area contributed by atoms with Crippen LogP contribution in [0.15, 0.2) is 30.6 Å². The maximum absolute atomic E-state index is 12.5. The predicted octanol–water partition coefficient (Wildman–Crippen LogP) is 5.74. The first kappa shape index (κ1) is 21.0. The second-order valence-electron chi connectivity index (χ2n) is 7.30. The number of nitrogens with zero attached hydrogens (tertiary/aromatic N) is 2. The van der Waals surface area contributed by atoms with Crippen LogP contribution in [0.25, 0.3) is 10.2 Å². The number of rotatable bonds is 9. The average molecular weight is 414 g/mol. The van der Waals surface area contributed by atoms with Gasteiger partial charge in [0.2, 0.25) is 0 Å². The van der Waals surface area contributed by atoms with E-state index in [1.807, 2.05) is 45.0 Å². The van der Waals surface area contributed by atoms with Gasteiger partial charge in [0.1, 0.15) is 27.6 Å². The van der Waals surface area contributed by atoms with Gasteiger partial charge in [-0.15, -0.1) is 11.3 Å². The summed E-state index contributed by atoms with van der Waals surface area (Å²) in [6.07, 6.45) is 3.65. The molecule has 6 nitrogen and oxygen atoms in total. The van der Waals surface area contributed by atoms with E-state index < -0.39 is 0 Å². The number of nitrogens with one attached hydrogen (secondary N) is 1. The SMILES string of the molecule is CCCCOc1ccc(Nc2ncnc3sc(C(=O)OCC(C)C)c(C)c23)cc1. The second-order valence-corrected chi connectivity index (χ2v) is 8.30. The lowest BCUT2D eigenvalue weighted by Crippen LogP contribution is -2.09. The minimum atomic E-state index is -0.307. The molecule has 1 N–H and O–H groups in total. The molecule has 1 aromatic carbocycles. The highest BCUT2D eigenvalue weighted by Crippen LogP contribution is 2.35. The molecule has 0 saturated carbocycles. The summed E-state index contributed by atoms with van der Waals surface area (Å²) < 4.78 is 11.1. The number of anilines is 2. The Kier molecular flexibility index (Phi) is 7.04. The Balaban J connectivity index is 1.80. The summed E-state index contributed by atoms with van der Waals surface area (Å²) in [6.45, 7) is 9.19. The fraction of sp³-hybridized carbons (Fsp3) is 0.409. The molecule has 0 aliphatic rings. The van der Waals surface area contributed by atoms with Crippen molar-refractivity contribution in [1.29, 1.82) is 0 Å². The van der Waals surface area contributed by atoms with Gasteiger partial charge in [-0.25, -0.2) is 14.8 Å². The number of carbonyl (C=O) groups excluding carboxylic acids is 1. The number of carbonyl (C=O) groups is 1. The van der Waals surface area contributed by atoms with Crippen molar-refractivity contribution in [3.05, 3.63) is 41.0 Å². The van der Waals surface area contributed by atoms with Gasteiger partial charge < -0.3 is 14.8 Å². The molecule has 0 atom stereocenters. The van der Waals surface area contributed by atoms with E-state index in [0.29, 0.717) is 23.2 Å². The van der Waals surface area contributed by atoms with Crippen molar-refractivity contribution >= 4 is 39.0 Å². The molecule has 2 heterocycles. The van der Waals surface area contributed by atoms with Crippen LogP contribution in [0.1, 0.15) is 48.8 Å². The van der Waals surface area contributed by atoms with Gasteiger partial charge in [0.15, 0.2) is 0 Å². The zero-order valence-electron chi connectivity index (χ0n) is 17.3. The topological polar surface area (TPSA) is 73.3 Å². The summed E-state index contributed by atoms with van der Waals surface area (Å²) in [6, 6.07) is 7.78. The van der Waals surface area contributed by atoms with Crippen LogP contribution in [0.2, 0.25) is 0 Å². The van der Waals surface area contributed by atoms with E-state index in [1.165, 1.54) is 17.7 Å². The van der Waals surface area contributed by atoms with Gasteiger partial charge in [-0.3, -0.25) is 0 Å². The lowest BCUT2D eigenvalue weighted by Gasteiger charge is -2.09. The molecular formula is C22H27N3O3S. The molecule has 29 heavy (non-hydrogen) atoms. The van der Waals surface area contributed by atoms with Crippen molar-refractivity contribution < 1.29 is 14.3 Å². The zero-order chi connectivity index (χ0) is 20.8. The Morgan fingerprint density at radius 1 is 1.21 bits per heavy atom. The van der Waals surface area contributed by atoms with Crippen LogP contribution in [-0.4, -0.2) is 29.2 Å². The van der Waals surface area contributed by atoms with E-state index >= 15 is 0 Å². The highest BCUT2D eigenvalue weighted by molar-refractivity contribution is 7.20. The van der Waals surface area contributed by atoms with Gasteiger partial charge in [0, 0.05) is 5.69 Å². The standard InChI is InChI=1S/C22H27N3O3S/c1-5-6-11-27-17-9-7-16(8-10-17)25-20-18-15(4)19(22(26)28-12-14(2)3)29-21(18)24-13-23-20/h7-10,13-14H,5-6,11-12H2,1-4H3,(H,23,24,25). The van der Waals surface area contributed by atoms with Crippen LogP contribution in [0.3, 0.4) is 0 Å². The number of thiophene rings is 1. The summed E-state index contributed by atoms with van der Waals surface area (Å²) in [5.74, 6) is 1.50. The largest absolute Gasteiger partial charge is 0.494 e. The van der Waals surface area contributed by atoms with Gasteiger partial charge in [0.05, 0.1) is 18.6 Å². The number of aromatic nitrogens is 2. The van der Waals surface area contributed by atoms with Gasteiger partial charge >= 0.3 is 5.97 Å². The molecule has 2 aromatic heterocycles. The second kappa shape index (κ2) is 9.69. The molecular weight excluding hydrogens is 386 g/mol. The summed E-state index contributed by atoms with van der Waals surface area (Å²) in [5.41, 5.74) is 1.73. The molecule has 0 aliphatic heterocycles. The predicted molar refractivity (Wildman–Crippen MR) is 117 cm³/mol. The highest BCUT2D eigenvalue weighted by atomic mass is 32.1. The maximum Gasteiger partial charge on any atom is 0.348 e. The molecule has 154 valence electrons. The third kappa shape index (κ3) is 5.23. The number of esters is 1. The van der Waals surface area contributed by atoms with E-state index in [9.17, 15) is 4.79 Å². The maximum atomic E-state index is 12.5. The van der Waals surface area contributed by atoms with Crippen molar-refractivity contribution in [3.63, 3.8) is 0 Å². The molecule has 0 fully saturated rings. The number of unbranched alkanes of at least 4 members (excludes halogenated alkanes) is 1. The Morgan fingerprint density at radius 2 is 1.97 bits per heavy atom. The van der Waals surface area contributed by atoms with Crippen molar-refractivity contribution in [3.8, 4) is 5.75 Å². The van der Waals surface area contributed by atoms with Crippen molar-refractivity contribution in [1.82, 2.24) is 9.97 Å². The smallest absolute Gasteiger partial charge is 0.348 e. The normalized spacial score (nSPS) is 11.1. The van der Waals surface area contributed by atoms with Gasteiger partial charge in [-0.1, -0.05) is 27.2 Å². The molecule has 0 amide bonds. The first-order valence-electron chi connectivity index (χ1n) is 9.90. The molecule has 7 heteroatoms. The minimum Gasteiger partial charge on any atom is -0.494 e. The summed E-state index contributed by atoms with van der Waals surface area (Å²) in [4.78, 5) is 22.5. The molecule has 0 aliphatic carbocycles. The Labute approximate surface area is 175 Å². The molecule has 0 spiro atoms. The molecule has 0 radical (unpaired) electrons. The van der Waals surface area contributed by atoms with E-state index in [0.717, 1.165) is 46.7 Å². The summed E-state index contributed by atoms with van der Waals surface area (Å²) in [5, 5.41) is 4.18. The average Bonchev–Trinajstić information content (AvgIpc) is 3.05.